The van der Waals surface area contributed by atoms with Crippen LogP contribution in [0.3, 0.4) is 0 Å². The van der Waals surface area contributed by atoms with Crippen LogP contribution in [-0.4, -0.2) is 46.1 Å². The number of rotatable bonds is 7. The zero-order valence-corrected chi connectivity index (χ0v) is 14.3. The SMILES string of the molecule is CNC(=O)CNC(=O)C[NH+](C)Cc1ccc2cc(OC)ccc2c1. The molecule has 0 heterocycles. The van der Waals surface area contributed by atoms with Gasteiger partial charge in [0, 0.05) is 12.6 Å². The summed E-state index contributed by atoms with van der Waals surface area (Å²) in [5.74, 6) is 0.498. The van der Waals surface area contributed by atoms with Crippen molar-refractivity contribution in [1.82, 2.24) is 10.6 Å². The molecule has 3 N–H and O–H groups in total. The van der Waals surface area contributed by atoms with Gasteiger partial charge in [-0.1, -0.05) is 18.2 Å². The zero-order valence-electron chi connectivity index (χ0n) is 14.3. The Morgan fingerprint density at radius 2 is 1.79 bits per heavy atom. The first kappa shape index (κ1) is 17.7. The molecule has 0 saturated heterocycles. The van der Waals surface area contributed by atoms with Crippen LogP contribution in [0.25, 0.3) is 10.8 Å². The lowest BCUT2D eigenvalue weighted by Gasteiger charge is -2.14. The second-order valence-electron chi connectivity index (χ2n) is 5.81. The fourth-order valence-electron chi connectivity index (χ4n) is 2.53. The van der Waals surface area contributed by atoms with E-state index in [-0.39, 0.29) is 18.4 Å². The van der Waals surface area contributed by atoms with Gasteiger partial charge in [-0.3, -0.25) is 9.59 Å². The molecule has 0 aliphatic carbocycles. The topological polar surface area (TPSA) is 71.9 Å². The summed E-state index contributed by atoms with van der Waals surface area (Å²) in [6, 6.07) is 12.2. The highest BCUT2D eigenvalue weighted by Crippen LogP contribution is 2.21. The minimum atomic E-state index is -0.203. The van der Waals surface area contributed by atoms with Crippen molar-refractivity contribution in [3.05, 3.63) is 42.0 Å². The van der Waals surface area contributed by atoms with E-state index in [4.69, 9.17) is 4.74 Å². The summed E-state index contributed by atoms with van der Waals surface area (Å²) in [4.78, 5) is 24.0. The van der Waals surface area contributed by atoms with Crippen LogP contribution in [-0.2, 0) is 16.1 Å². The standard InChI is InChI=1S/C18H23N3O3/c1-19-17(22)10-20-18(23)12-21(2)11-13-4-5-15-9-16(24-3)7-6-14(15)8-13/h4-9H,10-12H2,1-3H3,(H,19,22)(H,20,23)/p+1. The van der Waals surface area contributed by atoms with Crippen LogP contribution < -0.4 is 20.3 Å². The van der Waals surface area contributed by atoms with Crippen molar-refractivity contribution in [3.63, 3.8) is 0 Å². The van der Waals surface area contributed by atoms with Crippen molar-refractivity contribution < 1.29 is 19.2 Å². The van der Waals surface area contributed by atoms with Gasteiger partial charge in [0.2, 0.25) is 5.91 Å². The van der Waals surface area contributed by atoms with Crippen molar-refractivity contribution >= 4 is 22.6 Å². The maximum atomic E-state index is 11.8. The number of ether oxygens (including phenoxy) is 1. The van der Waals surface area contributed by atoms with Gasteiger partial charge in [0.25, 0.3) is 5.91 Å². The molecule has 0 fully saturated rings. The summed E-state index contributed by atoms with van der Waals surface area (Å²) in [5.41, 5.74) is 1.16. The molecular formula is C18H24N3O3+. The number of carbonyl (C=O) groups excluding carboxylic acids is 2. The van der Waals surface area contributed by atoms with Crippen LogP contribution >= 0.6 is 0 Å². The highest BCUT2D eigenvalue weighted by atomic mass is 16.5. The predicted octanol–water partition coefficient (Wildman–Crippen LogP) is -0.275. The molecule has 0 saturated carbocycles. The minimum Gasteiger partial charge on any atom is -0.497 e. The first-order valence-electron chi connectivity index (χ1n) is 7.87. The molecule has 6 heteroatoms. The van der Waals surface area contributed by atoms with Crippen LogP contribution in [0.15, 0.2) is 36.4 Å². The Labute approximate surface area is 141 Å². The average Bonchev–Trinajstić information content (AvgIpc) is 2.58. The molecule has 0 radical (unpaired) electrons. The Morgan fingerprint density at radius 1 is 1.08 bits per heavy atom. The normalized spacial score (nSPS) is 11.8. The third-order valence-corrected chi connectivity index (χ3v) is 3.81. The number of amides is 2. The van der Waals surface area contributed by atoms with Crippen LogP contribution in [0.5, 0.6) is 5.75 Å². The number of carbonyl (C=O) groups is 2. The molecule has 6 nitrogen and oxygen atoms in total. The predicted molar refractivity (Wildman–Crippen MR) is 93.0 cm³/mol. The maximum Gasteiger partial charge on any atom is 0.275 e. The molecule has 0 bridgehead atoms. The van der Waals surface area contributed by atoms with E-state index in [0.29, 0.717) is 6.54 Å². The molecule has 2 aromatic carbocycles. The largest absolute Gasteiger partial charge is 0.497 e. The Kier molecular flexibility index (Phi) is 6.14. The molecule has 2 rings (SSSR count). The smallest absolute Gasteiger partial charge is 0.275 e. The van der Waals surface area contributed by atoms with Gasteiger partial charge in [0.05, 0.1) is 20.7 Å². The number of fused-ring (bicyclic) bond motifs is 1. The lowest BCUT2D eigenvalue weighted by Crippen LogP contribution is -3.08. The number of hydrogen-bond donors (Lipinski definition) is 3. The Balaban J connectivity index is 1.93. The number of quaternary nitrogens is 1. The van der Waals surface area contributed by atoms with Crippen molar-refractivity contribution in [1.29, 1.82) is 0 Å². The summed E-state index contributed by atoms with van der Waals surface area (Å²) in [7, 11) is 5.15. The molecule has 0 aliphatic heterocycles. The van der Waals surface area contributed by atoms with Gasteiger partial charge in [-0.25, -0.2) is 0 Å². The maximum absolute atomic E-state index is 11.8. The lowest BCUT2D eigenvalue weighted by atomic mass is 10.1. The first-order valence-corrected chi connectivity index (χ1v) is 7.87. The number of benzene rings is 2. The molecule has 1 atom stereocenters. The van der Waals surface area contributed by atoms with E-state index in [1.807, 2.05) is 25.2 Å². The number of nitrogens with one attached hydrogen (secondary N) is 3. The van der Waals surface area contributed by atoms with Crippen LogP contribution in [0.1, 0.15) is 5.56 Å². The molecule has 0 aliphatic rings. The minimum absolute atomic E-state index is 0.0143. The zero-order chi connectivity index (χ0) is 17.5. The fourth-order valence-corrected chi connectivity index (χ4v) is 2.53. The van der Waals surface area contributed by atoms with E-state index in [9.17, 15) is 9.59 Å². The Morgan fingerprint density at radius 3 is 2.50 bits per heavy atom. The summed E-state index contributed by atoms with van der Waals surface area (Å²) in [6.07, 6.45) is 0. The third-order valence-electron chi connectivity index (χ3n) is 3.81. The Bertz CT molecular complexity index is 731. The number of likely N-dealkylation sites (N-methyl/N-ethyl adjacent to an activating group) is 2. The second kappa shape index (κ2) is 8.31. The molecule has 128 valence electrons. The van der Waals surface area contributed by atoms with Crippen molar-refractivity contribution in [2.45, 2.75) is 6.54 Å². The van der Waals surface area contributed by atoms with Crippen molar-refractivity contribution in [2.75, 3.05) is 34.3 Å². The summed E-state index contributed by atoms with van der Waals surface area (Å²) in [5, 5.41) is 7.34. The molecule has 0 spiro atoms. The third kappa shape index (κ3) is 4.96. The van der Waals surface area contributed by atoms with Crippen LogP contribution in [0.2, 0.25) is 0 Å². The summed E-state index contributed by atoms with van der Waals surface area (Å²) >= 11 is 0. The Hall–Kier alpha value is -2.60. The van der Waals surface area contributed by atoms with Gasteiger partial charge in [-0.05, 0) is 29.0 Å². The highest BCUT2D eigenvalue weighted by molar-refractivity contribution is 5.85. The van der Waals surface area contributed by atoms with Crippen molar-refractivity contribution in [3.8, 4) is 5.75 Å². The number of hydrogen-bond acceptors (Lipinski definition) is 3. The quantitative estimate of drug-likeness (QED) is 0.654. The number of methoxy groups -OCH3 is 1. The molecule has 2 aromatic rings. The monoisotopic (exact) mass is 330 g/mol. The summed E-state index contributed by atoms with van der Waals surface area (Å²) in [6.45, 7) is 1.06. The first-order chi connectivity index (χ1) is 11.5. The van der Waals surface area contributed by atoms with Gasteiger partial charge in [-0.15, -0.1) is 0 Å². The van der Waals surface area contributed by atoms with Gasteiger partial charge < -0.3 is 20.3 Å². The van der Waals surface area contributed by atoms with E-state index >= 15 is 0 Å². The summed E-state index contributed by atoms with van der Waals surface area (Å²) < 4.78 is 5.23. The average molecular weight is 330 g/mol. The van der Waals surface area contributed by atoms with Gasteiger partial charge in [0.1, 0.15) is 12.3 Å². The van der Waals surface area contributed by atoms with E-state index in [1.165, 1.54) is 0 Å². The van der Waals surface area contributed by atoms with E-state index in [0.717, 1.165) is 33.5 Å². The van der Waals surface area contributed by atoms with E-state index in [2.05, 4.69) is 28.8 Å². The van der Waals surface area contributed by atoms with Gasteiger partial charge >= 0.3 is 0 Å². The van der Waals surface area contributed by atoms with E-state index < -0.39 is 0 Å². The molecule has 24 heavy (non-hydrogen) atoms. The molecule has 1 unspecified atom stereocenters. The molecular weight excluding hydrogens is 306 g/mol. The van der Waals surface area contributed by atoms with Gasteiger partial charge in [0.15, 0.2) is 6.54 Å². The second-order valence-corrected chi connectivity index (χ2v) is 5.81. The lowest BCUT2D eigenvalue weighted by molar-refractivity contribution is -0.885. The van der Waals surface area contributed by atoms with Crippen molar-refractivity contribution in [2.24, 2.45) is 0 Å². The van der Waals surface area contributed by atoms with Gasteiger partial charge in [-0.2, -0.15) is 0 Å². The fraction of sp³-hybridized carbons (Fsp3) is 0.333. The highest BCUT2D eigenvalue weighted by Gasteiger charge is 2.11. The van der Waals surface area contributed by atoms with Crippen LogP contribution in [0, 0.1) is 0 Å². The molecule has 2 amide bonds. The van der Waals surface area contributed by atoms with E-state index in [1.54, 1.807) is 14.2 Å². The molecule has 0 aromatic heterocycles. The van der Waals surface area contributed by atoms with Crippen LogP contribution in [0.4, 0.5) is 0 Å².